The van der Waals surface area contributed by atoms with Crippen LogP contribution in [0.3, 0.4) is 0 Å². The molecule has 10 aromatic rings. The minimum absolute atomic E-state index is 0.0180. The maximum absolute atomic E-state index is 2.67. The van der Waals surface area contributed by atoms with Crippen molar-refractivity contribution >= 4 is 65.2 Å². The van der Waals surface area contributed by atoms with E-state index in [-0.39, 0.29) is 11.0 Å². The van der Waals surface area contributed by atoms with Crippen molar-refractivity contribution in [3.05, 3.63) is 181 Å². The van der Waals surface area contributed by atoms with Gasteiger partial charge in [-0.1, -0.05) is 159 Å². The molecular weight excluding hydrogens is 675 g/mol. The maximum atomic E-state index is 2.67. The Balaban J connectivity index is 1.17. The summed E-state index contributed by atoms with van der Waals surface area (Å²) in [5.41, 5.74) is 11.9. The van der Waals surface area contributed by atoms with Crippen LogP contribution in [0.4, 0.5) is 11.4 Å². The van der Waals surface area contributed by atoms with Gasteiger partial charge in [0.1, 0.15) is 0 Å². The van der Waals surface area contributed by atoms with Crippen molar-refractivity contribution in [1.82, 2.24) is 0 Å². The van der Waals surface area contributed by atoms with Crippen molar-refractivity contribution < 1.29 is 0 Å². The molecule has 56 heavy (non-hydrogen) atoms. The Morgan fingerprint density at radius 2 is 1.00 bits per heavy atom. The second kappa shape index (κ2) is 11.5. The summed E-state index contributed by atoms with van der Waals surface area (Å²) in [6.45, 7) is 5.04. The second-order valence-corrected chi connectivity index (χ2v) is 16.7. The van der Waals surface area contributed by atoms with E-state index in [4.69, 9.17) is 0 Å². The van der Waals surface area contributed by atoms with Crippen molar-refractivity contribution in [2.75, 3.05) is 4.90 Å². The average Bonchev–Trinajstić information content (AvgIpc) is 3.66. The zero-order chi connectivity index (χ0) is 37.2. The molecule has 1 heterocycles. The van der Waals surface area contributed by atoms with E-state index >= 15 is 0 Å². The predicted molar refractivity (Wildman–Crippen MR) is 240 cm³/mol. The van der Waals surface area contributed by atoms with E-state index in [1.807, 2.05) is 0 Å². The van der Waals surface area contributed by atoms with E-state index < -0.39 is 0 Å². The molecule has 1 aliphatic heterocycles. The molecule has 0 aromatic heterocycles. The largest absolute Gasteiger partial charge is 0.334 e. The molecule has 2 aliphatic rings. The van der Waals surface area contributed by atoms with Crippen LogP contribution in [0.25, 0.3) is 87.2 Å². The normalized spacial score (nSPS) is 19.1. The van der Waals surface area contributed by atoms with Crippen LogP contribution in [0.5, 0.6) is 0 Å². The molecule has 0 saturated heterocycles. The molecule has 2 atom stereocenters. The van der Waals surface area contributed by atoms with Gasteiger partial charge in [-0.2, -0.15) is 0 Å². The summed E-state index contributed by atoms with van der Waals surface area (Å²) < 4.78 is 0. The molecule has 0 amide bonds. The SMILES string of the molecule is CC12CCCC1(C)N(c1ccccc1)c1ccc(-c3cc(-c4cccc5ccccc45)c4ccc5ccc(-c6cccc7ccccc67)c6ccc3c4c56)cc12. The number of benzene rings is 10. The summed E-state index contributed by atoms with van der Waals surface area (Å²) in [5.74, 6) is 0. The van der Waals surface area contributed by atoms with Gasteiger partial charge in [-0.05, 0) is 143 Å². The van der Waals surface area contributed by atoms with E-state index in [0.29, 0.717) is 0 Å². The smallest absolute Gasteiger partial charge is 0.0517 e. The minimum Gasteiger partial charge on any atom is -0.334 e. The number of para-hydroxylation sites is 1. The number of anilines is 2. The highest BCUT2D eigenvalue weighted by Crippen LogP contribution is 2.63. The highest BCUT2D eigenvalue weighted by Gasteiger charge is 2.59. The highest BCUT2D eigenvalue weighted by atomic mass is 15.3. The minimum atomic E-state index is 0.0180. The lowest BCUT2D eigenvalue weighted by atomic mass is 9.71. The fourth-order valence-electron chi connectivity index (χ4n) is 11.2. The lowest BCUT2D eigenvalue weighted by molar-refractivity contribution is 0.330. The molecular formula is C55H41N. The fourth-order valence-corrected chi connectivity index (χ4v) is 11.2. The first-order valence-corrected chi connectivity index (χ1v) is 20.2. The van der Waals surface area contributed by atoms with E-state index in [0.717, 1.165) is 0 Å². The molecule has 2 unspecified atom stereocenters. The van der Waals surface area contributed by atoms with Crippen LogP contribution < -0.4 is 4.90 Å². The monoisotopic (exact) mass is 715 g/mol. The molecule has 0 radical (unpaired) electrons. The molecule has 266 valence electrons. The second-order valence-electron chi connectivity index (χ2n) is 16.7. The van der Waals surface area contributed by atoms with E-state index in [2.05, 4.69) is 195 Å². The van der Waals surface area contributed by atoms with Gasteiger partial charge in [0.25, 0.3) is 0 Å². The van der Waals surface area contributed by atoms with Gasteiger partial charge in [0, 0.05) is 16.8 Å². The lowest BCUT2D eigenvalue weighted by Crippen LogP contribution is -2.48. The molecule has 1 heteroatoms. The van der Waals surface area contributed by atoms with Gasteiger partial charge in [-0.15, -0.1) is 0 Å². The lowest BCUT2D eigenvalue weighted by Gasteiger charge is -2.42. The van der Waals surface area contributed by atoms with E-state index in [9.17, 15) is 0 Å². The zero-order valence-electron chi connectivity index (χ0n) is 31.8. The Morgan fingerprint density at radius 1 is 0.411 bits per heavy atom. The number of hydrogen-bond donors (Lipinski definition) is 0. The van der Waals surface area contributed by atoms with Crippen molar-refractivity contribution in [2.24, 2.45) is 0 Å². The third-order valence-electron chi connectivity index (χ3n) is 14.1. The van der Waals surface area contributed by atoms with Gasteiger partial charge in [0.15, 0.2) is 0 Å². The molecule has 0 N–H and O–H groups in total. The van der Waals surface area contributed by atoms with Crippen molar-refractivity contribution in [3.63, 3.8) is 0 Å². The van der Waals surface area contributed by atoms with Gasteiger partial charge in [0.2, 0.25) is 0 Å². The van der Waals surface area contributed by atoms with Gasteiger partial charge >= 0.3 is 0 Å². The van der Waals surface area contributed by atoms with Crippen molar-refractivity contribution in [2.45, 2.75) is 44.1 Å². The molecule has 12 rings (SSSR count). The number of nitrogens with zero attached hydrogens (tertiary/aromatic N) is 1. The fraction of sp³-hybridized carbons (Fsp3) is 0.127. The Kier molecular flexibility index (Phi) is 6.57. The first-order valence-electron chi connectivity index (χ1n) is 20.2. The van der Waals surface area contributed by atoms with E-state index in [1.54, 1.807) is 0 Å². The zero-order valence-corrected chi connectivity index (χ0v) is 31.8. The summed E-state index contributed by atoms with van der Waals surface area (Å²) in [6.07, 6.45) is 3.62. The molecule has 10 aromatic carbocycles. The maximum Gasteiger partial charge on any atom is 0.0517 e. The third kappa shape index (κ3) is 4.21. The third-order valence-corrected chi connectivity index (χ3v) is 14.1. The highest BCUT2D eigenvalue weighted by molar-refractivity contribution is 6.31. The summed E-state index contributed by atoms with van der Waals surface area (Å²) in [4.78, 5) is 2.67. The Labute approximate surface area is 327 Å². The molecule has 0 spiro atoms. The Hall–Kier alpha value is -6.44. The Bertz CT molecular complexity index is 3200. The summed E-state index contributed by atoms with van der Waals surface area (Å²) >= 11 is 0. The van der Waals surface area contributed by atoms with Crippen LogP contribution in [0.1, 0.15) is 38.7 Å². The topological polar surface area (TPSA) is 3.24 Å². The van der Waals surface area contributed by atoms with Crippen molar-refractivity contribution in [1.29, 1.82) is 0 Å². The van der Waals surface area contributed by atoms with Crippen LogP contribution >= 0.6 is 0 Å². The number of hydrogen-bond acceptors (Lipinski definition) is 1. The van der Waals surface area contributed by atoms with Crippen LogP contribution in [0, 0.1) is 0 Å². The summed E-state index contributed by atoms with van der Waals surface area (Å²) in [6, 6.07) is 66.4. The molecule has 1 fully saturated rings. The van der Waals surface area contributed by atoms with Gasteiger partial charge in [-0.3, -0.25) is 0 Å². The number of rotatable bonds is 4. The number of fused-ring (bicyclic) bond motifs is 5. The van der Waals surface area contributed by atoms with Crippen molar-refractivity contribution in [3.8, 4) is 33.4 Å². The molecule has 0 bridgehead atoms. The van der Waals surface area contributed by atoms with Gasteiger partial charge < -0.3 is 4.90 Å². The van der Waals surface area contributed by atoms with Crippen LogP contribution in [-0.4, -0.2) is 5.54 Å². The van der Waals surface area contributed by atoms with Crippen LogP contribution in [0.15, 0.2) is 176 Å². The predicted octanol–water partition coefficient (Wildman–Crippen LogP) is 15.2. The Morgan fingerprint density at radius 3 is 1.75 bits per heavy atom. The molecule has 1 nitrogen and oxygen atoms in total. The van der Waals surface area contributed by atoms with Crippen LogP contribution in [-0.2, 0) is 5.41 Å². The standard InChI is InChI=1S/C55H41N/c1-54-31-12-32-55(54,2)56(39-17-4-3-5-18-39)51-30-25-38(33-50(51)54)48-34-49(43-22-11-16-36-14-7-9-20-41(36)43)47-27-24-37-23-26-44(45-28-29-46(48)53(47)52(37)45)42-21-10-15-35-13-6-8-19-40(35)42/h3-11,13-30,33-34H,12,31-32H2,1-2H3. The average molecular weight is 716 g/mol. The molecule has 1 saturated carbocycles. The first kappa shape index (κ1) is 31.9. The summed E-state index contributed by atoms with van der Waals surface area (Å²) in [7, 11) is 0. The van der Waals surface area contributed by atoms with Crippen LogP contribution in [0.2, 0.25) is 0 Å². The summed E-state index contributed by atoms with van der Waals surface area (Å²) in [5, 5.41) is 13.0. The first-order chi connectivity index (χ1) is 27.5. The van der Waals surface area contributed by atoms with Gasteiger partial charge in [0.05, 0.1) is 5.54 Å². The quantitative estimate of drug-likeness (QED) is 0.164. The molecule has 1 aliphatic carbocycles. The van der Waals surface area contributed by atoms with Gasteiger partial charge in [-0.25, -0.2) is 0 Å². The van der Waals surface area contributed by atoms with E-state index in [1.165, 1.54) is 123 Å².